The van der Waals surface area contributed by atoms with Gasteiger partial charge in [0, 0.05) is 6.54 Å². The van der Waals surface area contributed by atoms with Gasteiger partial charge in [-0.3, -0.25) is 4.68 Å². The number of nitrogens with two attached hydrogens (primary N) is 1. The van der Waals surface area contributed by atoms with Gasteiger partial charge >= 0.3 is 0 Å². The number of hydrogen-bond donors (Lipinski definition) is 1. The van der Waals surface area contributed by atoms with E-state index in [-0.39, 0.29) is 0 Å². The lowest BCUT2D eigenvalue weighted by Crippen LogP contribution is -2.02. The first-order valence-corrected chi connectivity index (χ1v) is 4.14. The smallest absolute Gasteiger partial charge is 0.0730 e. The van der Waals surface area contributed by atoms with E-state index in [2.05, 4.69) is 11.7 Å². The highest BCUT2D eigenvalue weighted by Gasteiger charge is 2.00. The molecule has 12 heavy (non-hydrogen) atoms. The summed E-state index contributed by atoms with van der Waals surface area (Å²) in [6, 6.07) is 0. The lowest BCUT2D eigenvalue weighted by atomic mass is 10.3. The number of rotatable bonds is 4. The van der Waals surface area contributed by atoms with Gasteiger partial charge in [0.25, 0.3) is 0 Å². The first kappa shape index (κ1) is 8.84. The molecular formula is C9H15N3. The van der Waals surface area contributed by atoms with E-state index in [9.17, 15) is 0 Å². The van der Waals surface area contributed by atoms with Crippen LogP contribution in [0.1, 0.15) is 18.5 Å². The van der Waals surface area contributed by atoms with Gasteiger partial charge in [0.05, 0.1) is 17.6 Å². The van der Waals surface area contributed by atoms with Crippen molar-refractivity contribution in [1.29, 1.82) is 0 Å². The maximum atomic E-state index is 5.64. The summed E-state index contributed by atoms with van der Waals surface area (Å²) in [7, 11) is 0. The van der Waals surface area contributed by atoms with Gasteiger partial charge in [0.1, 0.15) is 0 Å². The Morgan fingerprint density at radius 1 is 1.75 bits per heavy atom. The van der Waals surface area contributed by atoms with E-state index in [4.69, 9.17) is 5.73 Å². The van der Waals surface area contributed by atoms with Crippen LogP contribution in [0, 0.1) is 6.92 Å². The largest absolute Gasteiger partial charge is 0.396 e. The lowest BCUT2D eigenvalue weighted by molar-refractivity contribution is 0.570. The second-order valence-electron chi connectivity index (χ2n) is 2.84. The van der Waals surface area contributed by atoms with Crippen molar-refractivity contribution < 1.29 is 0 Å². The molecule has 0 atom stereocenters. The second-order valence-corrected chi connectivity index (χ2v) is 2.84. The van der Waals surface area contributed by atoms with Crippen LogP contribution in [-0.2, 0) is 6.54 Å². The average Bonchev–Trinajstić information content (AvgIpc) is 2.36. The number of hydrogen-bond acceptors (Lipinski definition) is 2. The summed E-state index contributed by atoms with van der Waals surface area (Å²) in [4.78, 5) is 0. The Morgan fingerprint density at radius 3 is 3.00 bits per heavy atom. The highest BCUT2D eigenvalue weighted by atomic mass is 15.3. The van der Waals surface area contributed by atoms with Crippen LogP contribution in [0.5, 0.6) is 0 Å². The van der Waals surface area contributed by atoms with Gasteiger partial charge in [-0.2, -0.15) is 5.10 Å². The summed E-state index contributed by atoms with van der Waals surface area (Å²) in [6.07, 6.45) is 5.72. The molecule has 3 heteroatoms. The fourth-order valence-electron chi connectivity index (χ4n) is 1.07. The maximum Gasteiger partial charge on any atom is 0.0730 e. The third-order valence-electron chi connectivity index (χ3n) is 1.92. The van der Waals surface area contributed by atoms with E-state index in [1.54, 1.807) is 6.20 Å². The monoisotopic (exact) mass is 165 g/mol. The molecule has 0 aliphatic heterocycles. The van der Waals surface area contributed by atoms with Crippen LogP contribution < -0.4 is 5.73 Å². The molecule has 0 spiro atoms. The standard InChI is InChI=1S/C9H15N3/c1-3-4-5-6-12-8(2)9(10)7-11-12/h3,7H,1,4-6,10H2,2H3. The molecule has 0 aromatic carbocycles. The zero-order chi connectivity index (χ0) is 8.97. The Hall–Kier alpha value is -1.25. The first-order chi connectivity index (χ1) is 5.75. The molecule has 66 valence electrons. The number of allylic oxidation sites excluding steroid dienone is 1. The van der Waals surface area contributed by atoms with Gasteiger partial charge in [0.15, 0.2) is 0 Å². The summed E-state index contributed by atoms with van der Waals surface area (Å²) >= 11 is 0. The molecule has 0 saturated carbocycles. The Morgan fingerprint density at radius 2 is 2.50 bits per heavy atom. The minimum Gasteiger partial charge on any atom is -0.396 e. The number of anilines is 1. The molecule has 0 fully saturated rings. The van der Waals surface area contributed by atoms with Crippen molar-refractivity contribution >= 4 is 5.69 Å². The van der Waals surface area contributed by atoms with Crippen molar-refractivity contribution in [2.75, 3.05) is 5.73 Å². The van der Waals surface area contributed by atoms with Gasteiger partial charge in [0.2, 0.25) is 0 Å². The summed E-state index contributed by atoms with van der Waals surface area (Å²) in [5.74, 6) is 0. The van der Waals surface area contributed by atoms with Crippen LogP contribution in [-0.4, -0.2) is 9.78 Å². The fourth-order valence-corrected chi connectivity index (χ4v) is 1.07. The zero-order valence-electron chi connectivity index (χ0n) is 7.45. The Bertz CT molecular complexity index is 263. The number of aromatic nitrogens is 2. The molecule has 0 saturated heterocycles. The summed E-state index contributed by atoms with van der Waals surface area (Å²) in [5.41, 5.74) is 7.47. The number of aryl methyl sites for hydroxylation is 1. The summed E-state index contributed by atoms with van der Waals surface area (Å²) in [5, 5.41) is 4.14. The topological polar surface area (TPSA) is 43.8 Å². The quantitative estimate of drug-likeness (QED) is 0.545. The molecule has 1 aromatic rings. The van der Waals surface area contributed by atoms with Crippen molar-refractivity contribution in [2.24, 2.45) is 0 Å². The molecule has 1 rings (SSSR count). The predicted octanol–water partition coefficient (Wildman–Crippen LogP) is 1.74. The van der Waals surface area contributed by atoms with Crippen molar-refractivity contribution in [3.8, 4) is 0 Å². The molecule has 3 nitrogen and oxygen atoms in total. The second kappa shape index (κ2) is 3.95. The third-order valence-corrected chi connectivity index (χ3v) is 1.92. The molecule has 1 aromatic heterocycles. The van der Waals surface area contributed by atoms with Gasteiger partial charge in [-0.05, 0) is 19.8 Å². The Labute approximate surface area is 72.9 Å². The highest BCUT2D eigenvalue weighted by molar-refractivity contribution is 5.39. The van der Waals surface area contributed by atoms with Crippen LogP contribution in [0.3, 0.4) is 0 Å². The lowest BCUT2D eigenvalue weighted by Gasteiger charge is -2.02. The van der Waals surface area contributed by atoms with E-state index in [0.29, 0.717) is 0 Å². The highest BCUT2D eigenvalue weighted by Crippen LogP contribution is 2.09. The number of nitrogen functional groups attached to an aromatic ring is 1. The minimum atomic E-state index is 0.772. The van der Waals surface area contributed by atoms with Gasteiger partial charge in [-0.15, -0.1) is 6.58 Å². The first-order valence-electron chi connectivity index (χ1n) is 4.14. The molecule has 0 aliphatic rings. The summed E-state index contributed by atoms with van der Waals surface area (Å²) in [6.45, 7) is 6.57. The van der Waals surface area contributed by atoms with Gasteiger partial charge in [-0.1, -0.05) is 6.08 Å². The third kappa shape index (κ3) is 1.87. The van der Waals surface area contributed by atoms with Crippen molar-refractivity contribution in [3.05, 3.63) is 24.5 Å². The molecule has 0 amide bonds. The normalized spacial score (nSPS) is 10.1. The SMILES string of the molecule is C=CCCCn1ncc(N)c1C. The van der Waals surface area contributed by atoms with E-state index in [1.165, 1.54) is 0 Å². The van der Waals surface area contributed by atoms with Gasteiger partial charge < -0.3 is 5.73 Å². The van der Waals surface area contributed by atoms with Crippen molar-refractivity contribution in [2.45, 2.75) is 26.3 Å². The van der Waals surface area contributed by atoms with Crippen LogP contribution in [0.25, 0.3) is 0 Å². The number of unbranched alkanes of at least 4 members (excludes halogenated alkanes) is 1. The fraction of sp³-hybridized carbons (Fsp3) is 0.444. The molecule has 0 unspecified atom stereocenters. The van der Waals surface area contributed by atoms with Gasteiger partial charge in [-0.25, -0.2) is 0 Å². The summed E-state index contributed by atoms with van der Waals surface area (Å²) < 4.78 is 1.93. The van der Waals surface area contributed by atoms with Crippen LogP contribution >= 0.6 is 0 Å². The zero-order valence-corrected chi connectivity index (χ0v) is 7.45. The Balaban J connectivity index is 2.51. The van der Waals surface area contributed by atoms with E-state index >= 15 is 0 Å². The van der Waals surface area contributed by atoms with E-state index < -0.39 is 0 Å². The maximum absolute atomic E-state index is 5.64. The van der Waals surface area contributed by atoms with Crippen LogP contribution in [0.4, 0.5) is 5.69 Å². The minimum absolute atomic E-state index is 0.772. The molecule has 2 N–H and O–H groups in total. The molecule has 1 heterocycles. The molecule has 0 aliphatic carbocycles. The van der Waals surface area contributed by atoms with E-state index in [0.717, 1.165) is 30.8 Å². The van der Waals surface area contributed by atoms with Crippen molar-refractivity contribution in [1.82, 2.24) is 9.78 Å². The molecule has 0 bridgehead atoms. The molecule has 0 radical (unpaired) electrons. The van der Waals surface area contributed by atoms with Crippen molar-refractivity contribution in [3.63, 3.8) is 0 Å². The Kier molecular flexibility index (Phi) is 2.91. The average molecular weight is 165 g/mol. The number of nitrogens with zero attached hydrogens (tertiary/aromatic N) is 2. The van der Waals surface area contributed by atoms with Crippen LogP contribution in [0.15, 0.2) is 18.9 Å². The molecular weight excluding hydrogens is 150 g/mol. The van der Waals surface area contributed by atoms with Crippen LogP contribution in [0.2, 0.25) is 0 Å². The van der Waals surface area contributed by atoms with E-state index in [1.807, 2.05) is 17.7 Å². The predicted molar refractivity (Wildman–Crippen MR) is 50.8 cm³/mol.